The zero-order chi connectivity index (χ0) is 17.2. The monoisotopic (exact) mass is 361 g/mol. The van der Waals surface area contributed by atoms with Crippen molar-refractivity contribution in [3.05, 3.63) is 60.0 Å². The minimum atomic E-state index is -3.67. The van der Waals surface area contributed by atoms with E-state index in [2.05, 4.69) is 0 Å². The van der Waals surface area contributed by atoms with Gasteiger partial charge in [0.25, 0.3) is 10.0 Å². The Morgan fingerprint density at radius 1 is 1.08 bits per heavy atom. The van der Waals surface area contributed by atoms with E-state index in [1.807, 2.05) is 30.3 Å². The molecule has 0 saturated carbocycles. The number of benzene rings is 2. The first-order valence-electron chi connectivity index (χ1n) is 7.17. The molecule has 1 heterocycles. The van der Waals surface area contributed by atoms with Gasteiger partial charge >= 0.3 is 5.97 Å². The molecule has 0 unspecified atom stereocenters. The van der Waals surface area contributed by atoms with Crippen molar-refractivity contribution in [2.75, 3.05) is 13.6 Å². The van der Waals surface area contributed by atoms with Crippen LogP contribution in [0.3, 0.4) is 0 Å². The third-order valence-corrected chi connectivity index (χ3v) is 6.66. The number of hydrogen-bond acceptors (Lipinski definition) is 5. The van der Waals surface area contributed by atoms with Crippen LogP contribution in [0.1, 0.15) is 0 Å². The largest absolute Gasteiger partial charge is 0.425 e. The van der Waals surface area contributed by atoms with Gasteiger partial charge in [-0.1, -0.05) is 42.5 Å². The number of esters is 1. The van der Waals surface area contributed by atoms with E-state index in [-0.39, 0.29) is 10.8 Å². The average molecular weight is 361 g/mol. The quantitative estimate of drug-likeness (QED) is 0.517. The first-order valence-corrected chi connectivity index (χ1v) is 9.49. The van der Waals surface area contributed by atoms with Crippen molar-refractivity contribution in [1.29, 1.82) is 0 Å². The van der Waals surface area contributed by atoms with Crippen molar-refractivity contribution in [2.24, 2.45) is 0 Å². The molecule has 0 spiro atoms. The fourth-order valence-electron chi connectivity index (χ4n) is 2.27. The third-order valence-electron chi connectivity index (χ3n) is 3.48. The second kappa shape index (κ2) is 6.72. The average Bonchev–Trinajstić information content (AvgIpc) is 3.10. The van der Waals surface area contributed by atoms with Gasteiger partial charge in [0.15, 0.2) is 0 Å². The van der Waals surface area contributed by atoms with Gasteiger partial charge in [0.2, 0.25) is 0 Å². The van der Waals surface area contributed by atoms with Crippen LogP contribution in [-0.4, -0.2) is 32.3 Å². The maximum Gasteiger partial charge on any atom is 0.326 e. The molecule has 0 aliphatic rings. The summed E-state index contributed by atoms with van der Waals surface area (Å²) in [7, 11) is -2.31. The number of hydrogen-bond donors (Lipinski definition) is 0. The minimum Gasteiger partial charge on any atom is -0.425 e. The summed E-state index contributed by atoms with van der Waals surface area (Å²) in [5.74, 6) is -0.214. The molecule has 0 N–H and O–H groups in total. The Hall–Kier alpha value is -2.22. The molecular formula is C17H15NO4S2. The van der Waals surface area contributed by atoms with Crippen LogP contribution in [0.2, 0.25) is 0 Å². The van der Waals surface area contributed by atoms with Crippen molar-refractivity contribution in [1.82, 2.24) is 4.31 Å². The van der Waals surface area contributed by atoms with Crippen molar-refractivity contribution >= 4 is 38.1 Å². The molecule has 0 fully saturated rings. The predicted molar refractivity (Wildman–Crippen MR) is 93.7 cm³/mol. The van der Waals surface area contributed by atoms with Crippen LogP contribution in [0.5, 0.6) is 5.75 Å². The standard InChI is InChI=1S/C17H15NO4S2/c1-18(24(20,21)17-10-5-11-23-17)12-16(19)22-15-9-4-7-13-6-2-3-8-14(13)15/h2-11H,12H2,1H3. The number of carbonyl (C=O) groups is 1. The molecule has 7 heteroatoms. The van der Waals surface area contributed by atoms with Crippen molar-refractivity contribution in [2.45, 2.75) is 4.21 Å². The van der Waals surface area contributed by atoms with Crippen molar-refractivity contribution in [3.8, 4) is 5.75 Å². The van der Waals surface area contributed by atoms with E-state index in [0.29, 0.717) is 5.75 Å². The number of thiophene rings is 1. The molecule has 0 aliphatic carbocycles. The Kier molecular flexibility index (Phi) is 4.66. The molecule has 0 saturated heterocycles. The third kappa shape index (κ3) is 3.33. The molecule has 2 aromatic carbocycles. The summed E-state index contributed by atoms with van der Waals surface area (Å²) < 4.78 is 31.2. The van der Waals surface area contributed by atoms with E-state index >= 15 is 0 Å². The molecule has 124 valence electrons. The van der Waals surface area contributed by atoms with Gasteiger partial charge in [0, 0.05) is 12.4 Å². The van der Waals surface area contributed by atoms with Crippen LogP contribution in [0, 0.1) is 0 Å². The highest BCUT2D eigenvalue weighted by Gasteiger charge is 2.24. The van der Waals surface area contributed by atoms with Gasteiger partial charge in [-0.3, -0.25) is 4.79 Å². The van der Waals surface area contributed by atoms with E-state index in [1.54, 1.807) is 23.6 Å². The Morgan fingerprint density at radius 3 is 2.58 bits per heavy atom. The lowest BCUT2D eigenvalue weighted by atomic mass is 10.1. The number of sulfonamides is 1. The Morgan fingerprint density at radius 2 is 1.83 bits per heavy atom. The van der Waals surface area contributed by atoms with Gasteiger partial charge in [-0.25, -0.2) is 8.42 Å². The summed E-state index contributed by atoms with van der Waals surface area (Å²) in [4.78, 5) is 12.2. The lowest BCUT2D eigenvalue weighted by Crippen LogP contribution is -2.33. The van der Waals surface area contributed by atoms with Gasteiger partial charge in [-0.05, 0) is 22.9 Å². The number of nitrogens with zero attached hydrogens (tertiary/aromatic N) is 1. The highest BCUT2D eigenvalue weighted by molar-refractivity contribution is 7.91. The highest BCUT2D eigenvalue weighted by atomic mass is 32.2. The molecule has 24 heavy (non-hydrogen) atoms. The summed E-state index contributed by atoms with van der Waals surface area (Å²) in [6, 6.07) is 16.1. The number of likely N-dealkylation sites (N-methyl/N-ethyl adjacent to an activating group) is 1. The molecular weight excluding hydrogens is 346 g/mol. The molecule has 0 atom stereocenters. The summed E-state index contributed by atoms with van der Waals surface area (Å²) in [6.07, 6.45) is 0. The Balaban J connectivity index is 1.76. The highest BCUT2D eigenvalue weighted by Crippen LogP contribution is 2.25. The fourth-order valence-corrected chi connectivity index (χ4v) is 4.59. The molecule has 3 rings (SSSR count). The zero-order valence-electron chi connectivity index (χ0n) is 12.9. The van der Waals surface area contributed by atoms with Crippen LogP contribution in [0.4, 0.5) is 0 Å². The summed E-state index contributed by atoms with van der Waals surface area (Å²) in [5, 5.41) is 3.43. The second-order valence-corrected chi connectivity index (χ2v) is 8.36. The number of ether oxygens (including phenoxy) is 1. The van der Waals surface area contributed by atoms with Crippen LogP contribution >= 0.6 is 11.3 Å². The normalized spacial score (nSPS) is 11.8. The Labute approximate surface area is 144 Å². The molecule has 0 aliphatic heterocycles. The van der Waals surface area contributed by atoms with Crippen LogP contribution in [-0.2, 0) is 14.8 Å². The Bertz CT molecular complexity index is 960. The lowest BCUT2D eigenvalue weighted by Gasteiger charge is -2.15. The second-order valence-electron chi connectivity index (χ2n) is 5.14. The lowest BCUT2D eigenvalue weighted by molar-refractivity contribution is -0.134. The molecule has 1 aromatic heterocycles. The predicted octanol–water partition coefficient (Wildman–Crippen LogP) is 3.13. The van der Waals surface area contributed by atoms with Crippen LogP contribution in [0.25, 0.3) is 10.8 Å². The molecule has 0 amide bonds. The van der Waals surface area contributed by atoms with Crippen LogP contribution < -0.4 is 4.74 Å². The van der Waals surface area contributed by atoms with E-state index in [4.69, 9.17) is 4.74 Å². The van der Waals surface area contributed by atoms with E-state index in [0.717, 1.165) is 26.4 Å². The zero-order valence-corrected chi connectivity index (χ0v) is 14.5. The summed E-state index contributed by atoms with van der Waals surface area (Å²) in [6.45, 7) is -0.358. The van der Waals surface area contributed by atoms with E-state index < -0.39 is 16.0 Å². The fraction of sp³-hybridized carbons (Fsp3) is 0.118. The van der Waals surface area contributed by atoms with Gasteiger partial charge in [0.05, 0.1) is 0 Å². The maximum absolute atomic E-state index is 12.3. The number of carbonyl (C=O) groups excluding carboxylic acids is 1. The first-order chi connectivity index (χ1) is 11.5. The van der Waals surface area contributed by atoms with E-state index in [1.165, 1.54) is 13.1 Å². The number of rotatable bonds is 5. The molecule has 5 nitrogen and oxygen atoms in total. The maximum atomic E-state index is 12.3. The topological polar surface area (TPSA) is 63.7 Å². The SMILES string of the molecule is CN(CC(=O)Oc1cccc2ccccc12)S(=O)(=O)c1cccs1. The van der Waals surface area contributed by atoms with Gasteiger partial charge in [-0.2, -0.15) is 4.31 Å². The van der Waals surface area contributed by atoms with Crippen LogP contribution in [0.15, 0.2) is 64.2 Å². The van der Waals surface area contributed by atoms with Gasteiger partial charge in [0.1, 0.15) is 16.5 Å². The molecule has 3 aromatic rings. The first kappa shape index (κ1) is 16.6. The number of fused-ring (bicyclic) bond motifs is 1. The van der Waals surface area contributed by atoms with E-state index in [9.17, 15) is 13.2 Å². The summed E-state index contributed by atoms with van der Waals surface area (Å²) in [5.41, 5.74) is 0. The van der Waals surface area contributed by atoms with Crippen molar-refractivity contribution < 1.29 is 17.9 Å². The van der Waals surface area contributed by atoms with Crippen molar-refractivity contribution in [3.63, 3.8) is 0 Å². The van der Waals surface area contributed by atoms with Gasteiger partial charge in [-0.15, -0.1) is 11.3 Å². The molecule has 0 bridgehead atoms. The smallest absolute Gasteiger partial charge is 0.326 e. The summed E-state index contributed by atoms with van der Waals surface area (Å²) >= 11 is 1.11. The molecule has 0 radical (unpaired) electrons. The van der Waals surface area contributed by atoms with Gasteiger partial charge < -0.3 is 4.74 Å². The minimum absolute atomic E-state index is 0.197.